The van der Waals surface area contributed by atoms with Crippen LogP contribution in [0.15, 0.2) is 60.8 Å². The lowest BCUT2D eigenvalue weighted by atomic mass is 10.0. The van der Waals surface area contributed by atoms with E-state index in [-0.39, 0.29) is 30.4 Å². The van der Waals surface area contributed by atoms with Gasteiger partial charge in [0.15, 0.2) is 0 Å². The lowest BCUT2D eigenvalue weighted by molar-refractivity contribution is -0.124. The number of nitrogens with zero attached hydrogens (tertiary/aromatic N) is 2. The normalized spacial score (nSPS) is 20.6. The van der Waals surface area contributed by atoms with E-state index in [1.165, 1.54) is 4.90 Å². The van der Waals surface area contributed by atoms with Crippen LogP contribution in [-0.4, -0.2) is 71.3 Å². The summed E-state index contributed by atoms with van der Waals surface area (Å²) in [6.45, 7) is 2.92. The molecule has 0 aliphatic carbocycles. The number of hydrogen-bond donors (Lipinski definition) is 2. The van der Waals surface area contributed by atoms with E-state index >= 15 is 0 Å². The van der Waals surface area contributed by atoms with E-state index in [1.807, 2.05) is 37.3 Å². The first kappa shape index (κ1) is 24.6. The molecule has 1 aromatic heterocycles. The van der Waals surface area contributed by atoms with Gasteiger partial charge in [-0.05, 0) is 60.9 Å². The predicted octanol–water partition coefficient (Wildman–Crippen LogP) is 3.12. The van der Waals surface area contributed by atoms with Crippen LogP contribution < -0.4 is 10.1 Å². The molecule has 2 N–H and O–H groups in total. The molecule has 0 unspecified atom stereocenters. The van der Waals surface area contributed by atoms with Crippen molar-refractivity contribution in [2.45, 2.75) is 32.1 Å². The van der Waals surface area contributed by atoms with Crippen LogP contribution in [0.1, 0.15) is 38.4 Å². The number of H-pyrrole nitrogens is 1. The number of piperidine rings is 1. The standard InChI is InChI=1S/C28H30N4O5/c1-18-8-9-20-14-25(18)37-21-6-3-5-19(13-21)17-36-24-10-12-32(28(35)22-7-4-11-29-22)15-23(24)30-26(33)16-31(2)27(20)34/h3-9,11,13-14,23-24,29H,10,12,15-17H2,1-2H3,(H,30,33)/t23-,24+/m0/s1. The Labute approximate surface area is 215 Å². The number of amides is 3. The number of aromatic amines is 1. The number of ether oxygens (including phenoxy) is 2. The third-order valence-corrected chi connectivity index (χ3v) is 6.76. The SMILES string of the molecule is Cc1ccc2cc1Oc1cccc(c1)CO[C@@H]1CCN(C(=O)c3ccc[nH]3)C[C@@H]1NC(=O)CN(C)C2=O. The van der Waals surface area contributed by atoms with Gasteiger partial charge in [0.25, 0.3) is 11.8 Å². The smallest absolute Gasteiger partial charge is 0.270 e. The average molecular weight is 503 g/mol. The molecule has 5 rings (SSSR count). The van der Waals surface area contributed by atoms with E-state index < -0.39 is 6.04 Å². The van der Waals surface area contributed by atoms with Crippen molar-refractivity contribution in [2.75, 3.05) is 26.7 Å². The quantitative estimate of drug-likeness (QED) is 0.532. The summed E-state index contributed by atoms with van der Waals surface area (Å²) in [5, 5.41) is 3.02. The number of rotatable bonds is 1. The van der Waals surface area contributed by atoms with E-state index in [4.69, 9.17) is 9.47 Å². The van der Waals surface area contributed by atoms with E-state index in [1.54, 1.807) is 42.4 Å². The Balaban J connectivity index is 1.42. The van der Waals surface area contributed by atoms with Crippen molar-refractivity contribution < 1.29 is 23.9 Å². The summed E-state index contributed by atoms with van der Waals surface area (Å²) in [5.41, 5.74) is 2.74. The fourth-order valence-corrected chi connectivity index (χ4v) is 4.72. The van der Waals surface area contributed by atoms with Crippen molar-refractivity contribution in [3.8, 4) is 11.5 Å². The summed E-state index contributed by atoms with van der Waals surface area (Å²) in [6.07, 6.45) is 1.97. The van der Waals surface area contributed by atoms with Gasteiger partial charge >= 0.3 is 0 Å². The molecule has 0 saturated carbocycles. The van der Waals surface area contributed by atoms with Crippen LogP contribution in [0.4, 0.5) is 0 Å². The Morgan fingerprint density at radius 2 is 1.95 bits per heavy atom. The molecule has 2 atom stereocenters. The Morgan fingerprint density at radius 1 is 1.08 bits per heavy atom. The molecule has 0 spiro atoms. The average Bonchev–Trinajstić information content (AvgIpc) is 3.43. The van der Waals surface area contributed by atoms with Gasteiger partial charge in [-0.15, -0.1) is 0 Å². The Morgan fingerprint density at radius 3 is 2.76 bits per heavy atom. The molecule has 9 heteroatoms. The Bertz CT molecular complexity index is 1310. The van der Waals surface area contributed by atoms with Crippen LogP contribution in [0, 0.1) is 6.92 Å². The molecule has 1 saturated heterocycles. The second-order valence-corrected chi connectivity index (χ2v) is 9.54. The van der Waals surface area contributed by atoms with E-state index in [2.05, 4.69) is 10.3 Å². The number of hydrogen-bond acceptors (Lipinski definition) is 5. The highest BCUT2D eigenvalue weighted by molar-refractivity contribution is 5.97. The van der Waals surface area contributed by atoms with Crippen molar-refractivity contribution in [2.24, 2.45) is 0 Å². The molecular weight excluding hydrogens is 472 g/mol. The van der Waals surface area contributed by atoms with Crippen LogP contribution in [-0.2, 0) is 16.1 Å². The number of aromatic nitrogens is 1. The molecule has 4 bridgehead atoms. The topological polar surface area (TPSA) is 104 Å². The van der Waals surface area contributed by atoms with Crippen LogP contribution in [0.5, 0.6) is 11.5 Å². The Hall–Kier alpha value is -4.11. The molecule has 3 amide bonds. The molecule has 2 aliphatic rings. The number of fused-ring (bicyclic) bond motifs is 5. The van der Waals surface area contributed by atoms with Gasteiger partial charge in [-0.2, -0.15) is 0 Å². The summed E-state index contributed by atoms with van der Waals surface area (Å²) in [7, 11) is 1.59. The number of carbonyl (C=O) groups excluding carboxylic acids is 3. The summed E-state index contributed by atoms with van der Waals surface area (Å²) in [5.74, 6) is 0.484. The van der Waals surface area contributed by atoms with E-state index in [0.29, 0.717) is 48.9 Å². The molecule has 3 heterocycles. The molecule has 1 fully saturated rings. The number of likely N-dealkylation sites (tertiary alicyclic amines) is 1. The maximum absolute atomic E-state index is 13.1. The molecular formula is C28H30N4O5. The van der Waals surface area contributed by atoms with Gasteiger partial charge in [-0.1, -0.05) is 18.2 Å². The monoisotopic (exact) mass is 502 g/mol. The summed E-state index contributed by atoms with van der Waals surface area (Å²) in [6, 6.07) is 15.9. The first-order valence-electron chi connectivity index (χ1n) is 12.3. The summed E-state index contributed by atoms with van der Waals surface area (Å²) < 4.78 is 12.4. The highest BCUT2D eigenvalue weighted by Gasteiger charge is 2.34. The van der Waals surface area contributed by atoms with Gasteiger partial charge in [0.2, 0.25) is 5.91 Å². The summed E-state index contributed by atoms with van der Waals surface area (Å²) >= 11 is 0. The minimum absolute atomic E-state index is 0.128. The van der Waals surface area contributed by atoms with Gasteiger partial charge in [0.1, 0.15) is 17.2 Å². The zero-order chi connectivity index (χ0) is 25.9. The highest BCUT2D eigenvalue weighted by atomic mass is 16.5. The maximum atomic E-state index is 13.1. The predicted molar refractivity (Wildman–Crippen MR) is 136 cm³/mol. The second-order valence-electron chi connectivity index (χ2n) is 9.54. The molecule has 37 heavy (non-hydrogen) atoms. The van der Waals surface area contributed by atoms with Gasteiger partial charge in [0.05, 0.1) is 25.3 Å². The minimum atomic E-state index is -0.429. The zero-order valence-corrected chi connectivity index (χ0v) is 20.9. The van der Waals surface area contributed by atoms with Crippen molar-refractivity contribution in [3.05, 3.63) is 83.2 Å². The van der Waals surface area contributed by atoms with Crippen LogP contribution >= 0.6 is 0 Å². The van der Waals surface area contributed by atoms with Gasteiger partial charge in [-0.25, -0.2) is 0 Å². The fourth-order valence-electron chi connectivity index (χ4n) is 4.72. The van der Waals surface area contributed by atoms with Crippen molar-refractivity contribution in [1.82, 2.24) is 20.1 Å². The first-order valence-corrected chi connectivity index (χ1v) is 12.3. The molecule has 0 radical (unpaired) electrons. The maximum Gasteiger partial charge on any atom is 0.270 e. The third-order valence-electron chi connectivity index (χ3n) is 6.76. The molecule has 192 valence electrons. The number of aryl methyl sites for hydroxylation is 1. The van der Waals surface area contributed by atoms with Crippen molar-refractivity contribution in [3.63, 3.8) is 0 Å². The molecule has 2 aliphatic heterocycles. The minimum Gasteiger partial charge on any atom is -0.457 e. The highest BCUT2D eigenvalue weighted by Crippen LogP contribution is 2.28. The second kappa shape index (κ2) is 10.5. The fraction of sp³-hybridized carbons (Fsp3) is 0.321. The summed E-state index contributed by atoms with van der Waals surface area (Å²) in [4.78, 5) is 45.1. The van der Waals surface area contributed by atoms with Gasteiger partial charge in [0, 0.05) is 31.9 Å². The van der Waals surface area contributed by atoms with Crippen LogP contribution in [0.25, 0.3) is 0 Å². The van der Waals surface area contributed by atoms with Gasteiger partial charge in [-0.3, -0.25) is 14.4 Å². The molecule has 3 aromatic rings. The van der Waals surface area contributed by atoms with E-state index in [9.17, 15) is 14.4 Å². The van der Waals surface area contributed by atoms with Crippen molar-refractivity contribution in [1.29, 1.82) is 0 Å². The first-order chi connectivity index (χ1) is 17.9. The van der Waals surface area contributed by atoms with Crippen molar-refractivity contribution >= 4 is 17.7 Å². The zero-order valence-electron chi connectivity index (χ0n) is 20.9. The largest absolute Gasteiger partial charge is 0.457 e. The Kier molecular flexibility index (Phi) is 6.96. The lowest BCUT2D eigenvalue weighted by Crippen LogP contribution is -2.58. The molecule has 9 nitrogen and oxygen atoms in total. The third kappa shape index (κ3) is 5.51. The number of nitrogens with one attached hydrogen (secondary N) is 2. The lowest BCUT2D eigenvalue weighted by Gasteiger charge is -2.39. The number of carbonyl (C=O) groups is 3. The number of benzene rings is 2. The van der Waals surface area contributed by atoms with Gasteiger partial charge < -0.3 is 29.6 Å². The number of likely N-dealkylation sites (N-methyl/N-ethyl adjacent to an activating group) is 1. The molecule has 2 aromatic carbocycles. The van der Waals surface area contributed by atoms with Crippen LogP contribution in [0.2, 0.25) is 0 Å². The van der Waals surface area contributed by atoms with Crippen LogP contribution in [0.3, 0.4) is 0 Å². The van der Waals surface area contributed by atoms with E-state index in [0.717, 1.165) is 11.1 Å².